The van der Waals surface area contributed by atoms with Crippen molar-refractivity contribution < 1.29 is 9.90 Å². The summed E-state index contributed by atoms with van der Waals surface area (Å²) in [5.74, 6) is -1.01. The summed E-state index contributed by atoms with van der Waals surface area (Å²) < 4.78 is 0. The standard InChI is InChI=1S/C9H6N4O2/c14-9(15)8-4-1-2-6-5(3-10-11-6)7(4)12-13-8/h1-3H,(H,10,11)(H,12,13)(H,14,15). The first-order chi connectivity index (χ1) is 7.27. The van der Waals surface area contributed by atoms with Crippen LogP contribution in [0.25, 0.3) is 21.8 Å². The number of fused-ring (bicyclic) bond motifs is 3. The van der Waals surface area contributed by atoms with Gasteiger partial charge in [0.05, 0.1) is 11.7 Å². The van der Waals surface area contributed by atoms with Gasteiger partial charge in [-0.1, -0.05) is 0 Å². The Morgan fingerprint density at radius 3 is 2.93 bits per heavy atom. The van der Waals surface area contributed by atoms with Crippen molar-refractivity contribution >= 4 is 27.8 Å². The van der Waals surface area contributed by atoms with Gasteiger partial charge in [-0.15, -0.1) is 0 Å². The summed E-state index contributed by atoms with van der Waals surface area (Å²) in [6.07, 6.45) is 1.63. The normalized spacial score (nSPS) is 11.2. The highest BCUT2D eigenvalue weighted by atomic mass is 16.4. The van der Waals surface area contributed by atoms with E-state index in [-0.39, 0.29) is 5.69 Å². The Morgan fingerprint density at radius 1 is 1.27 bits per heavy atom. The van der Waals surface area contributed by atoms with Gasteiger partial charge in [-0.05, 0) is 12.1 Å². The lowest BCUT2D eigenvalue weighted by Gasteiger charge is -1.91. The van der Waals surface area contributed by atoms with Crippen molar-refractivity contribution in [1.29, 1.82) is 0 Å². The number of H-pyrrole nitrogens is 2. The first kappa shape index (κ1) is 7.98. The van der Waals surface area contributed by atoms with E-state index in [1.165, 1.54) is 0 Å². The number of carbonyl (C=O) groups is 1. The van der Waals surface area contributed by atoms with Gasteiger partial charge in [0.2, 0.25) is 0 Å². The van der Waals surface area contributed by atoms with Gasteiger partial charge in [-0.25, -0.2) is 4.79 Å². The van der Waals surface area contributed by atoms with E-state index in [1.54, 1.807) is 18.3 Å². The number of nitrogens with zero attached hydrogens (tertiary/aromatic N) is 2. The van der Waals surface area contributed by atoms with Gasteiger partial charge >= 0.3 is 5.97 Å². The molecular formula is C9H6N4O2. The van der Waals surface area contributed by atoms with Crippen LogP contribution in [0.3, 0.4) is 0 Å². The lowest BCUT2D eigenvalue weighted by Crippen LogP contribution is -1.96. The van der Waals surface area contributed by atoms with E-state index in [1.807, 2.05) is 0 Å². The van der Waals surface area contributed by atoms with Crippen molar-refractivity contribution in [1.82, 2.24) is 20.4 Å². The summed E-state index contributed by atoms with van der Waals surface area (Å²) in [6.45, 7) is 0. The molecule has 0 radical (unpaired) electrons. The molecule has 6 heteroatoms. The molecule has 0 fully saturated rings. The Labute approximate surface area is 82.9 Å². The number of aromatic amines is 2. The van der Waals surface area contributed by atoms with E-state index in [0.717, 1.165) is 10.9 Å². The molecule has 0 aliphatic carbocycles. The number of rotatable bonds is 1. The van der Waals surface area contributed by atoms with E-state index in [2.05, 4.69) is 20.4 Å². The van der Waals surface area contributed by atoms with Gasteiger partial charge in [0.15, 0.2) is 5.69 Å². The molecule has 0 atom stereocenters. The maximum absolute atomic E-state index is 10.9. The molecule has 15 heavy (non-hydrogen) atoms. The highest BCUT2D eigenvalue weighted by molar-refractivity contribution is 6.10. The topological polar surface area (TPSA) is 94.7 Å². The molecular weight excluding hydrogens is 196 g/mol. The average molecular weight is 202 g/mol. The number of carboxylic acids is 1. The van der Waals surface area contributed by atoms with Crippen LogP contribution in [0.1, 0.15) is 10.5 Å². The van der Waals surface area contributed by atoms with Crippen molar-refractivity contribution in [2.45, 2.75) is 0 Å². The second kappa shape index (κ2) is 2.57. The number of benzene rings is 1. The Bertz CT molecular complexity index is 667. The van der Waals surface area contributed by atoms with Crippen LogP contribution in [0.15, 0.2) is 18.3 Å². The Balaban J connectivity index is 2.51. The maximum atomic E-state index is 10.9. The molecule has 0 aliphatic rings. The molecule has 3 rings (SSSR count). The Hall–Kier alpha value is -2.37. The lowest BCUT2D eigenvalue weighted by molar-refractivity contribution is 0.0692. The molecule has 0 amide bonds. The molecule has 74 valence electrons. The fourth-order valence-electron chi connectivity index (χ4n) is 1.66. The number of aromatic carboxylic acids is 1. The zero-order valence-electron chi connectivity index (χ0n) is 7.48. The monoisotopic (exact) mass is 202 g/mol. The van der Waals surface area contributed by atoms with Gasteiger partial charge in [0.25, 0.3) is 0 Å². The van der Waals surface area contributed by atoms with Crippen molar-refractivity contribution in [3.8, 4) is 0 Å². The molecule has 2 aromatic heterocycles. The number of hydrogen-bond donors (Lipinski definition) is 3. The molecule has 0 aliphatic heterocycles. The largest absolute Gasteiger partial charge is 0.477 e. The van der Waals surface area contributed by atoms with Gasteiger partial charge in [-0.2, -0.15) is 10.2 Å². The molecule has 3 aromatic rings. The predicted molar refractivity (Wildman–Crippen MR) is 52.7 cm³/mol. The van der Waals surface area contributed by atoms with Gasteiger partial charge in [0.1, 0.15) is 5.52 Å². The summed E-state index contributed by atoms with van der Waals surface area (Å²) in [5, 5.41) is 23.5. The van der Waals surface area contributed by atoms with Crippen LogP contribution < -0.4 is 0 Å². The van der Waals surface area contributed by atoms with Crippen LogP contribution in [0.4, 0.5) is 0 Å². The van der Waals surface area contributed by atoms with E-state index >= 15 is 0 Å². The Morgan fingerprint density at radius 2 is 2.13 bits per heavy atom. The maximum Gasteiger partial charge on any atom is 0.354 e. The quantitative estimate of drug-likeness (QED) is 0.551. The zero-order chi connectivity index (χ0) is 10.4. The average Bonchev–Trinajstić information content (AvgIpc) is 2.82. The summed E-state index contributed by atoms with van der Waals surface area (Å²) >= 11 is 0. The third kappa shape index (κ3) is 0.954. The second-order valence-corrected chi connectivity index (χ2v) is 3.20. The number of carboxylic acid groups (broad SMARTS) is 1. The van der Waals surface area contributed by atoms with Crippen LogP contribution in [0, 0.1) is 0 Å². The fraction of sp³-hybridized carbons (Fsp3) is 0. The third-order valence-electron chi connectivity index (χ3n) is 2.36. The summed E-state index contributed by atoms with van der Waals surface area (Å²) in [4.78, 5) is 10.9. The van der Waals surface area contributed by atoms with E-state index in [4.69, 9.17) is 5.11 Å². The molecule has 0 saturated carbocycles. The Kier molecular flexibility index (Phi) is 1.37. The van der Waals surface area contributed by atoms with E-state index in [9.17, 15) is 4.79 Å². The molecule has 0 unspecified atom stereocenters. The minimum Gasteiger partial charge on any atom is -0.477 e. The second-order valence-electron chi connectivity index (χ2n) is 3.20. The highest BCUT2D eigenvalue weighted by Gasteiger charge is 2.14. The molecule has 0 saturated heterocycles. The van der Waals surface area contributed by atoms with Crippen molar-refractivity contribution in [3.05, 3.63) is 24.0 Å². The summed E-state index contributed by atoms with van der Waals surface area (Å²) in [5.41, 5.74) is 1.57. The number of aromatic nitrogens is 4. The van der Waals surface area contributed by atoms with Gasteiger partial charge in [-0.3, -0.25) is 10.2 Å². The van der Waals surface area contributed by atoms with Crippen molar-refractivity contribution in [3.63, 3.8) is 0 Å². The first-order valence-electron chi connectivity index (χ1n) is 4.31. The number of hydrogen-bond acceptors (Lipinski definition) is 3. The SMILES string of the molecule is O=C(O)c1[nH]nc2c1ccc1[nH]ncc12. The van der Waals surface area contributed by atoms with Crippen LogP contribution >= 0.6 is 0 Å². The number of nitrogens with one attached hydrogen (secondary N) is 2. The van der Waals surface area contributed by atoms with Crippen LogP contribution in [0.2, 0.25) is 0 Å². The van der Waals surface area contributed by atoms with E-state index in [0.29, 0.717) is 10.9 Å². The summed E-state index contributed by atoms with van der Waals surface area (Å²) in [6, 6.07) is 3.50. The molecule has 0 spiro atoms. The lowest BCUT2D eigenvalue weighted by atomic mass is 10.1. The minimum absolute atomic E-state index is 0.105. The zero-order valence-corrected chi connectivity index (χ0v) is 7.48. The molecule has 2 heterocycles. The highest BCUT2D eigenvalue weighted by Crippen LogP contribution is 2.23. The van der Waals surface area contributed by atoms with Crippen LogP contribution in [0.5, 0.6) is 0 Å². The van der Waals surface area contributed by atoms with Crippen LogP contribution in [-0.4, -0.2) is 31.5 Å². The molecule has 1 aromatic carbocycles. The molecule has 0 bridgehead atoms. The first-order valence-corrected chi connectivity index (χ1v) is 4.31. The van der Waals surface area contributed by atoms with Gasteiger partial charge < -0.3 is 5.11 Å². The van der Waals surface area contributed by atoms with Gasteiger partial charge in [0, 0.05) is 10.8 Å². The molecule has 3 N–H and O–H groups in total. The summed E-state index contributed by atoms with van der Waals surface area (Å²) in [7, 11) is 0. The third-order valence-corrected chi connectivity index (χ3v) is 2.36. The van der Waals surface area contributed by atoms with E-state index < -0.39 is 5.97 Å². The van der Waals surface area contributed by atoms with Crippen molar-refractivity contribution in [2.75, 3.05) is 0 Å². The van der Waals surface area contributed by atoms with Crippen LogP contribution in [-0.2, 0) is 0 Å². The minimum atomic E-state index is -1.01. The predicted octanol–water partition coefficient (Wildman–Crippen LogP) is 1.14. The van der Waals surface area contributed by atoms with Crippen molar-refractivity contribution in [2.24, 2.45) is 0 Å². The smallest absolute Gasteiger partial charge is 0.354 e. The molecule has 6 nitrogen and oxygen atoms in total. The fourth-order valence-corrected chi connectivity index (χ4v) is 1.66.